The summed E-state index contributed by atoms with van der Waals surface area (Å²) in [5.41, 5.74) is 0.269. The van der Waals surface area contributed by atoms with Gasteiger partial charge in [-0.2, -0.15) is 0 Å². The normalized spacial score (nSPS) is 27.9. The molecule has 1 aromatic rings. The van der Waals surface area contributed by atoms with Crippen LogP contribution < -0.4 is 4.90 Å². The highest BCUT2D eigenvalue weighted by Crippen LogP contribution is 2.40. The summed E-state index contributed by atoms with van der Waals surface area (Å²) >= 11 is 0. The number of hydrogen-bond donors (Lipinski definition) is 0. The minimum absolute atomic E-state index is 0.269. The second kappa shape index (κ2) is 6.02. The maximum atomic E-state index is 12.7. The van der Waals surface area contributed by atoms with Crippen LogP contribution in [0.25, 0.3) is 0 Å². The summed E-state index contributed by atoms with van der Waals surface area (Å²) in [6, 6.07) is 6.40. The molecule has 1 unspecified atom stereocenters. The zero-order valence-electron chi connectivity index (χ0n) is 13.8. The Morgan fingerprint density at radius 2 is 1.83 bits per heavy atom. The van der Waals surface area contributed by atoms with E-state index in [1.165, 1.54) is 12.8 Å². The molecular weight excluding hydrogens is 288 g/mol. The maximum absolute atomic E-state index is 12.7. The summed E-state index contributed by atoms with van der Waals surface area (Å²) in [6.45, 7) is 5.86. The average Bonchev–Trinajstić information content (AvgIpc) is 3.26. The molecule has 1 aromatic heterocycles. The molecule has 5 nitrogen and oxygen atoms in total. The third-order valence-electron chi connectivity index (χ3n) is 5.72. The van der Waals surface area contributed by atoms with Crippen molar-refractivity contribution in [3.63, 3.8) is 0 Å². The molecule has 5 heteroatoms. The van der Waals surface area contributed by atoms with Crippen LogP contribution in [-0.2, 0) is 0 Å². The first-order chi connectivity index (χ1) is 11.3. The number of urea groups is 1. The highest BCUT2D eigenvalue weighted by Gasteiger charge is 2.44. The number of anilines is 1. The molecule has 0 bridgehead atoms. The van der Waals surface area contributed by atoms with E-state index in [0.717, 1.165) is 64.3 Å². The van der Waals surface area contributed by atoms with E-state index < -0.39 is 0 Å². The van der Waals surface area contributed by atoms with Gasteiger partial charge in [-0.1, -0.05) is 6.07 Å². The van der Waals surface area contributed by atoms with Crippen LogP contribution in [0.1, 0.15) is 32.1 Å². The van der Waals surface area contributed by atoms with Gasteiger partial charge in [0.25, 0.3) is 0 Å². The Bertz CT molecular complexity index is 557. The van der Waals surface area contributed by atoms with Crippen molar-refractivity contribution in [3.05, 3.63) is 24.4 Å². The zero-order chi connectivity index (χ0) is 15.7. The van der Waals surface area contributed by atoms with Crippen molar-refractivity contribution in [2.45, 2.75) is 32.1 Å². The molecule has 0 radical (unpaired) electrons. The smallest absolute Gasteiger partial charge is 0.320 e. The van der Waals surface area contributed by atoms with Gasteiger partial charge in [0.15, 0.2) is 0 Å². The number of piperidine rings is 1. The summed E-state index contributed by atoms with van der Waals surface area (Å²) < 4.78 is 0. The van der Waals surface area contributed by atoms with Gasteiger partial charge >= 0.3 is 6.03 Å². The molecule has 124 valence electrons. The molecule has 2 amide bonds. The van der Waals surface area contributed by atoms with E-state index in [-0.39, 0.29) is 11.4 Å². The Labute approximate surface area is 138 Å². The van der Waals surface area contributed by atoms with E-state index in [2.05, 4.69) is 26.9 Å². The van der Waals surface area contributed by atoms with Gasteiger partial charge in [0.05, 0.1) is 0 Å². The molecule has 3 aliphatic rings. The number of pyridine rings is 1. The van der Waals surface area contributed by atoms with Crippen LogP contribution in [0.15, 0.2) is 24.4 Å². The molecule has 23 heavy (non-hydrogen) atoms. The fourth-order valence-corrected chi connectivity index (χ4v) is 4.48. The Hall–Kier alpha value is -1.78. The molecule has 4 rings (SSSR count). The highest BCUT2D eigenvalue weighted by molar-refractivity contribution is 5.75. The van der Waals surface area contributed by atoms with Crippen molar-refractivity contribution in [1.29, 1.82) is 0 Å². The van der Waals surface area contributed by atoms with Gasteiger partial charge < -0.3 is 14.7 Å². The standard InChI is InChI=1S/C18H26N4O/c23-17(20-10-3-4-11-20)22-13-8-18(15-22)7-5-12-21(14-18)16-6-1-2-9-19-16/h1-2,6,9H,3-5,7-8,10-15H2. The number of carbonyl (C=O) groups excluding carboxylic acids is 1. The van der Waals surface area contributed by atoms with Crippen molar-refractivity contribution >= 4 is 11.8 Å². The lowest BCUT2D eigenvalue weighted by molar-refractivity contribution is 0.161. The third-order valence-corrected chi connectivity index (χ3v) is 5.72. The summed E-state index contributed by atoms with van der Waals surface area (Å²) in [7, 11) is 0. The van der Waals surface area contributed by atoms with Gasteiger partial charge in [0.2, 0.25) is 0 Å². The second-order valence-electron chi connectivity index (χ2n) is 7.36. The van der Waals surface area contributed by atoms with Gasteiger partial charge in [-0.3, -0.25) is 0 Å². The molecule has 4 heterocycles. The highest BCUT2D eigenvalue weighted by atomic mass is 16.2. The van der Waals surface area contributed by atoms with E-state index in [1.54, 1.807) is 0 Å². The van der Waals surface area contributed by atoms with Crippen molar-refractivity contribution in [2.75, 3.05) is 44.2 Å². The van der Waals surface area contributed by atoms with E-state index in [9.17, 15) is 4.79 Å². The molecule has 0 aliphatic carbocycles. The third kappa shape index (κ3) is 2.89. The Morgan fingerprint density at radius 3 is 2.61 bits per heavy atom. The van der Waals surface area contributed by atoms with Crippen molar-refractivity contribution < 1.29 is 4.79 Å². The SMILES string of the molecule is O=C(N1CCCC1)N1CCC2(CCCN(c3ccccn3)C2)C1. The van der Waals surface area contributed by atoms with Gasteiger partial charge in [0, 0.05) is 50.9 Å². The van der Waals surface area contributed by atoms with E-state index >= 15 is 0 Å². The molecule has 0 saturated carbocycles. The van der Waals surface area contributed by atoms with Crippen molar-refractivity contribution in [2.24, 2.45) is 5.41 Å². The van der Waals surface area contributed by atoms with Crippen LogP contribution in [0.2, 0.25) is 0 Å². The second-order valence-corrected chi connectivity index (χ2v) is 7.36. The topological polar surface area (TPSA) is 39.7 Å². The number of rotatable bonds is 1. The van der Waals surface area contributed by atoms with Gasteiger partial charge in [0.1, 0.15) is 5.82 Å². The molecule has 3 saturated heterocycles. The van der Waals surface area contributed by atoms with Crippen LogP contribution >= 0.6 is 0 Å². The average molecular weight is 314 g/mol. The molecule has 1 spiro atoms. The molecule has 1 atom stereocenters. The lowest BCUT2D eigenvalue weighted by atomic mass is 9.79. The van der Waals surface area contributed by atoms with Crippen molar-refractivity contribution in [1.82, 2.24) is 14.8 Å². The molecular formula is C18H26N4O. The van der Waals surface area contributed by atoms with Crippen LogP contribution in [0.5, 0.6) is 0 Å². The van der Waals surface area contributed by atoms with Crippen LogP contribution in [0.3, 0.4) is 0 Å². The minimum atomic E-state index is 0.269. The predicted molar refractivity (Wildman–Crippen MR) is 90.5 cm³/mol. The Kier molecular flexibility index (Phi) is 3.87. The summed E-state index contributed by atoms with van der Waals surface area (Å²) in [4.78, 5) is 23.7. The maximum Gasteiger partial charge on any atom is 0.320 e. The summed E-state index contributed by atoms with van der Waals surface area (Å²) in [6.07, 6.45) is 7.77. The summed E-state index contributed by atoms with van der Waals surface area (Å²) in [5.74, 6) is 1.08. The largest absolute Gasteiger partial charge is 0.356 e. The van der Waals surface area contributed by atoms with E-state index in [4.69, 9.17) is 0 Å². The Morgan fingerprint density at radius 1 is 0.957 bits per heavy atom. The number of hydrogen-bond acceptors (Lipinski definition) is 3. The quantitative estimate of drug-likeness (QED) is 0.800. The zero-order valence-corrected chi connectivity index (χ0v) is 13.8. The van der Waals surface area contributed by atoms with E-state index in [0.29, 0.717) is 0 Å². The summed E-state index contributed by atoms with van der Waals surface area (Å²) in [5, 5.41) is 0. The van der Waals surface area contributed by atoms with Gasteiger partial charge in [-0.05, 0) is 44.2 Å². The minimum Gasteiger partial charge on any atom is -0.356 e. The van der Waals surface area contributed by atoms with Crippen LogP contribution in [0.4, 0.5) is 10.6 Å². The molecule has 0 aromatic carbocycles. The first-order valence-electron chi connectivity index (χ1n) is 8.96. The monoisotopic (exact) mass is 314 g/mol. The molecule has 0 N–H and O–H groups in total. The lowest BCUT2D eigenvalue weighted by Crippen LogP contribution is -2.47. The van der Waals surface area contributed by atoms with Crippen LogP contribution in [-0.4, -0.2) is 60.1 Å². The first-order valence-corrected chi connectivity index (χ1v) is 8.96. The van der Waals surface area contributed by atoms with Crippen molar-refractivity contribution in [3.8, 4) is 0 Å². The van der Waals surface area contributed by atoms with Gasteiger partial charge in [-0.15, -0.1) is 0 Å². The number of carbonyl (C=O) groups is 1. The predicted octanol–water partition coefficient (Wildman–Crippen LogP) is 2.59. The lowest BCUT2D eigenvalue weighted by Gasteiger charge is -2.41. The Balaban J connectivity index is 1.43. The number of nitrogens with zero attached hydrogens (tertiary/aromatic N) is 4. The molecule has 3 fully saturated rings. The van der Waals surface area contributed by atoms with E-state index in [1.807, 2.05) is 17.2 Å². The number of aromatic nitrogens is 1. The number of amides is 2. The van der Waals surface area contributed by atoms with Crippen LogP contribution in [0, 0.1) is 5.41 Å². The number of likely N-dealkylation sites (tertiary alicyclic amines) is 2. The van der Waals surface area contributed by atoms with Gasteiger partial charge in [-0.25, -0.2) is 9.78 Å². The fraction of sp³-hybridized carbons (Fsp3) is 0.667. The fourth-order valence-electron chi connectivity index (χ4n) is 4.48. The first kappa shape index (κ1) is 14.8. The molecule has 3 aliphatic heterocycles.